The van der Waals surface area contributed by atoms with Crippen molar-refractivity contribution in [1.82, 2.24) is 19.4 Å². The van der Waals surface area contributed by atoms with Gasteiger partial charge in [0.15, 0.2) is 0 Å². The first kappa shape index (κ1) is 12.8. The summed E-state index contributed by atoms with van der Waals surface area (Å²) >= 11 is 0. The van der Waals surface area contributed by atoms with Crippen molar-refractivity contribution in [1.29, 1.82) is 0 Å². The molecule has 0 radical (unpaired) electrons. The highest BCUT2D eigenvalue weighted by atomic mass is 15.1. The Morgan fingerprint density at radius 3 is 2.72 bits per heavy atom. The van der Waals surface area contributed by atoms with Crippen molar-refractivity contribution in [3.05, 3.63) is 17.6 Å². The molecule has 0 aliphatic carbocycles. The van der Waals surface area contributed by atoms with Gasteiger partial charge in [-0.3, -0.25) is 0 Å². The SMILES string of the molecule is CCN(C)CCn1c(C)c(C)c2c(N)ncnc21. The Morgan fingerprint density at radius 1 is 1.33 bits per heavy atom. The Bertz CT molecular complexity index is 558. The fourth-order valence-electron chi connectivity index (χ4n) is 2.20. The summed E-state index contributed by atoms with van der Waals surface area (Å²) in [5.74, 6) is 0.572. The lowest BCUT2D eigenvalue weighted by Gasteiger charge is -2.15. The summed E-state index contributed by atoms with van der Waals surface area (Å²) in [6.45, 7) is 9.33. The van der Waals surface area contributed by atoms with E-state index in [1.54, 1.807) is 0 Å². The summed E-state index contributed by atoms with van der Waals surface area (Å²) in [7, 11) is 2.12. The van der Waals surface area contributed by atoms with Gasteiger partial charge in [-0.2, -0.15) is 0 Å². The highest BCUT2D eigenvalue weighted by molar-refractivity contribution is 5.90. The van der Waals surface area contributed by atoms with E-state index in [4.69, 9.17) is 5.73 Å². The quantitative estimate of drug-likeness (QED) is 0.891. The molecule has 5 heteroatoms. The number of nitrogen functional groups attached to an aromatic ring is 1. The van der Waals surface area contributed by atoms with Crippen LogP contribution < -0.4 is 5.73 Å². The van der Waals surface area contributed by atoms with E-state index in [0.29, 0.717) is 5.82 Å². The van der Waals surface area contributed by atoms with Crippen molar-refractivity contribution in [3.63, 3.8) is 0 Å². The normalized spacial score (nSPS) is 11.6. The van der Waals surface area contributed by atoms with Crippen LogP contribution in [-0.4, -0.2) is 39.6 Å². The Morgan fingerprint density at radius 2 is 2.06 bits per heavy atom. The first-order chi connectivity index (χ1) is 8.56. The lowest BCUT2D eigenvalue weighted by atomic mass is 10.2. The number of aromatic nitrogens is 3. The van der Waals surface area contributed by atoms with Crippen LogP contribution in [0.2, 0.25) is 0 Å². The van der Waals surface area contributed by atoms with Crippen molar-refractivity contribution in [3.8, 4) is 0 Å². The predicted octanol–water partition coefficient (Wildman–Crippen LogP) is 1.58. The molecule has 0 atom stereocenters. The molecule has 0 aromatic carbocycles. The maximum Gasteiger partial charge on any atom is 0.145 e. The zero-order chi connectivity index (χ0) is 13.3. The molecule has 0 aliphatic rings. The highest BCUT2D eigenvalue weighted by Gasteiger charge is 2.14. The van der Waals surface area contributed by atoms with Gasteiger partial charge in [0.2, 0.25) is 0 Å². The molecule has 98 valence electrons. The van der Waals surface area contributed by atoms with Gasteiger partial charge < -0.3 is 15.2 Å². The van der Waals surface area contributed by atoms with E-state index in [-0.39, 0.29) is 0 Å². The number of likely N-dealkylation sites (N-methyl/N-ethyl adjacent to an activating group) is 1. The number of rotatable bonds is 4. The zero-order valence-electron chi connectivity index (χ0n) is 11.6. The summed E-state index contributed by atoms with van der Waals surface area (Å²) in [5, 5.41) is 0.995. The fourth-order valence-corrected chi connectivity index (χ4v) is 2.20. The summed E-state index contributed by atoms with van der Waals surface area (Å²) in [5.41, 5.74) is 9.30. The van der Waals surface area contributed by atoms with Gasteiger partial charge in [-0.15, -0.1) is 0 Å². The lowest BCUT2D eigenvalue weighted by molar-refractivity contribution is 0.336. The smallest absolute Gasteiger partial charge is 0.145 e. The average molecular weight is 247 g/mol. The number of hydrogen-bond acceptors (Lipinski definition) is 4. The van der Waals surface area contributed by atoms with E-state index in [2.05, 4.69) is 47.3 Å². The van der Waals surface area contributed by atoms with E-state index < -0.39 is 0 Å². The highest BCUT2D eigenvalue weighted by Crippen LogP contribution is 2.26. The summed E-state index contributed by atoms with van der Waals surface area (Å²) in [6, 6.07) is 0. The van der Waals surface area contributed by atoms with Crippen LogP contribution in [0.15, 0.2) is 6.33 Å². The number of aryl methyl sites for hydroxylation is 1. The minimum atomic E-state index is 0.572. The van der Waals surface area contributed by atoms with Gasteiger partial charge in [-0.1, -0.05) is 6.92 Å². The standard InChI is InChI=1S/C13H21N5/c1-5-17(4)6-7-18-10(3)9(2)11-12(14)15-8-16-13(11)18/h8H,5-7H2,1-4H3,(H2,14,15,16). The maximum absolute atomic E-state index is 5.95. The second-order valence-electron chi connectivity index (χ2n) is 4.72. The van der Waals surface area contributed by atoms with Gasteiger partial charge in [0.25, 0.3) is 0 Å². The van der Waals surface area contributed by atoms with E-state index in [9.17, 15) is 0 Å². The van der Waals surface area contributed by atoms with Crippen LogP contribution in [0.4, 0.5) is 5.82 Å². The van der Waals surface area contributed by atoms with Crippen LogP contribution in [0.1, 0.15) is 18.2 Å². The Hall–Kier alpha value is -1.62. The largest absolute Gasteiger partial charge is 0.383 e. The van der Waals surface area contributed by atoms with Gasteiger partial charge >= 0.3 is 0 Å². The molecule has 0 fully saturated rings. The first-order valence-corrected chi connectivity index (χ1v) is 6.30. The van der Waals surface area contributed by atoms with Crippen LogP contribution in [0, 0.1) is 13.8 Å². The maximum atomic E-state index is 5.95. The van der Waals surface area contributed by atoms with E-state index in [1.807, 2.05) is 0 Å². The summed E-state index contributed by atoms with van der Waals surface area (Å²) in [6.07, 6.45) is 1.54. The predicted molar refractivity (Wildman–Crippen MR) is 74.6 cm³/mol. The summed E-state index contributed by atoms with van der Waals surface area (Å²) < 4.78 is 2.23. The third kappa shape index (κ3) is 2.06. The monoisotopic (exact) mass is 247 g/mol. The number of fused-ring (bicyclic) bond motifs is 1. The molecule has 2 heterocycles. The van der Waals surface area contributed by atoms with Crippen molar-refractivity contribution < 1.29 is 0 Å². The molecular weight excluding hydrogens is 226 g/mol. The van der Waals surface area contributed by atoms with Crippen molar-refractivity contribution in [2.24, 2.45) is 0 Å². The second-order valence-corrected chi connectivity index (χ2v) is 4.72. The van der Waals surface area contributed by atoms with Crippen molar-refractivity contribution >= 4 is 16.9 Å². The van der Waals surface area contributed by atoms with E-state index >= 15 is 0 Å². The molecule has 0 saturated carbocycles. The van der Waals surface area contributed by atoms with Crippen LogP contribution in [0.5, 0.6) is 0 Å². The third-order valence-electron chi connectivity index (χ3n) is 3.68. The molecule has 0 unspecified atom stereocenters. The van der Waals surface area contributed by atoms with Crippen molar-refractivity contribution in [2.45, 2.75) is 27.3 Å². The van der Waals surface area contributed by atoms with E-state index in [0.717, 1.165) is 30.7 Å². The molecule has 2 rings (SSSR count). The van der Waals surface area contributed by atoms with Gasteiger partial charge in [-0.05, 0) is 33.0 Å². The van der Waals surface area contributed by atoms with Crippen LogP contribution in [-0.2, 0) is 6.54 Å². The number of anilines is 1. The average Bonchev–Trinajstić information content (AvgIpc) is 2.61. The Balaban J connectivity index is 2.44. The van der Waals surface area contributed by atoms with E-state index in [1.165, 1.54) is 17.6 Å². The Kier molecular flexibility index (Phi) is 3.52. The molecule has 2 aromatic heterocycles. The summed E-state index contributed by atoms with van der Waals surface area (Å²) in [4.78, 5) is 10.7. The fraction of sp³-hybridized carbons (Fsp3) is 0.538. The molecular formula is C13H21N5. The molecule has 0 spiro atoms. The molecule has 0 saturated heterocycles. The topological polar surface area (TPSA) is 60.0 Å². The molecule has 2 N–H and O–H groups in total. The van der Waals surface area contributed by atoms with Gasteiger partial charge in [0.05, 0.1) is 5.39 Å². The van der Waals surface area contributed by atoms with Crippen LogP contribution in [0.3, 0.4) is 0 Å². The zero-order valence-corrected chi connectivity index (χ0v) is 11.6. The van der Waals surface area contributed by atoms with Gasteiger partial charge in [0.1, 0.15) is 17.8 Å². The van der Waals surface area contributed by atoms with Gasteiger partial charge in [0, 0.05) is 18.8 Å². The molecule has 0 aliphatic heterocycles. The van der Waals surface area contributed by atoms with Crippen LogP contribution >= 0.6 is 0 Å². The number of nitrogens with zero attached hydrogens (tertiary/aromatic N) is 4. The third-order valence-corrected chi connectivity index (χ3v) is 3.68. The van der Waals surface area contributed by atoms with Gasteiger partial charge in [-0.25, -0.2) is 9.97 Å². The molecule has 5 nitrogen and oxygen atoms in total. The molecule has 2 aromatic rings. The van der Waals surface area contributed by atoms with Crippen LogP contribution in [0.25, 0.3) is 11.0 Å². The lowest BCUT2D eigenvalue weighted by Crippen LogP contribution is -2.23. The van der Waals surface area contributed by atoms with Crippen molar-refractivity contribution in [2.75, 3.05) is 25.9 Å². The Labute approximate surface area is 108 Å². The minimum Gasteiger partial charge on any atom is -0.383 e. The second kappa shape index (κ2) is 4.94. The molecule has 18 heavy (non-hydrogen) atoms. The number of nitrogens with two attached hydrogens (primary N) is 1. The minimum absolute atomic E-state index is 0.572. The number of hydrogen-bond donors (Lipinski definition) is 1. The first-order valence-electron chi connectivity index (χ1n) is 6.30. The molecule has 0 bridgehead atoms. The molecule has 0 amide bonds.